The van der Waals surface area contributed by atoms with E-state index >= 15 is 0 Å². The van der Waals surface area contributed by atoms with E-state index in [1.54, 1.807) is 42.5 Å². The van der Waals surface area contributed by atoms with Crippen LogP contribution in [0.15, 0.2) is 132 Å². The molecule has 4 aromatic carbocycles. The average molecular weight is 654 g/mol. The highest BCUT2D eigenvalue weighted by Crippen LogP contribution is 2.36. The summed E-state index contributed by atoms with van der Waals surface area (Å²) in [6.07, 6.45) is 11.7. The smallest absolute Gasteiger partial charge is 0.295 e. The Bertz CT molecular complexity index is 1910. The van der Waals surface area contributed by atoms with Gasteiger partial charge >= 0.3 is 0 Å². The second-order valence-electron chi connectivity index (χ2n) is 11.4. The Labute approximate surface area is 276 Å². The molecule has 242 valence electrons. The maximum Gasteiger partial charge on any atom is 0.295 e. The molecule has 0 bridgehead atoms. The highest BCUT2D eigenvalue weighted by atomic mass is 32.2. The minimum atomic E-state index is -4.54. The molecule has 0 spiro atoms. The van der Waals surface area contributed by atoms with Crippen LogP contribution in [0, 0.1) is 11.6 Å². The van der Waals surface area contributed by atoms with Crippen molar-refractivity contribution in [2.75, 3.05) is 18.0 Å². The number of hydrogen-bond acceptors (Lipinski definition) is 3. The van der Waals surface area contributed by atoms with Crippen LogP contribution in [0.4, 0.5) is 25.8 Å². The standard InChI is InChI=1S/C39H38F2N2O3S/c1-3-5-27-42(35-23-15-31(40)16-24-35)33-19-11-29(12-20-33)39(37-9-7-8-10-38(37)47(44,45)46)30-13-21-34(22-14-30)43(28-6-4-2)36-25-17-32(41)18-26-36/h7-26H,3-6,27-28H2,1-2H3/p+1. The van der Waals surface area contributed by atoms with Crippen molar-refractivity contribution in [3.63, 3.8) is 0 Å². The minimum absolute atomic E-state index is 0.185. The lowest BCUT2D eigenvalue weighted by Gasteiger charge is -2.25. The van der Waals surface area contributed by atoms with E-state index in [4.69, 9.17) is 0 Å². The Morgan fingerprint density at radius 3 is 1.85 bits per heavy atom. The van der Waals surface area contributed by atoms with Crippen LogP contribution in [-0.4, -0.2) is 36.3 Å². The van der Waals surface area contributed by atoms with Gasteiger partial charge in [0.2, 0.25) is 11.4 Å². The molecule has 1 aliphatic rings. The highest BCUT2D eigenvalue weighted by Gasteiger charge is 2.23. The van der Waals surface area contributed by atoms with E-state index in [0.717, 1.165) is 72.7 Å². The molecule has 0 aromatic heterocycles. The van der Waals surface area contributed by atoms with Crippen LogP contribution in [0.1, 0.15) is 50.7 Å². The zero-order valence-corrected chi connectivity index (χ0v) is 27.4. The summed E-state index contributed by atoms with van der Waals surface area (Å²) in [6.45, 7) is 5.73. The molecule has 0 saturated heterocycles. The topological polar surface area (TPSA) is 60.6 Å². The molecule has 1 aliphatic carbocycles. The maximum atomic E-state index is 13.7. The monoisotopic (exact) mass is 653 g/mol. The number of nitrogens with zero attached hydrogens (tertiary/aromatic N) is 2. The van der Waals surface area contributed by atoms with Crippen LogP contribution in [0.5, 0.6) is 0 Å². The van der Waals surface area contributed by atoms with Crippen LogP contribution < -0.4 is 4.90 Å². The van der Waals surface area contributed by atoms with Gasteiger partial charge in [-0.2, -0.15) is 13.0 Å². The van der Waals surface area contributed by atoms with Gasteiger partial charge in [-0.05, 0) is 89.9 Å². The number of unbranched alkanes of at least 4 members (excludes halogenated alkanes) is 2. The minimum Gasteiger partial charge on any atom is -0.341 e. The van der Waals surface area contributed by atoms with Crippen LogP contribution in [0.25, 0.3) is 5.57 Å². The summed E-state index contributed by atoms with van der Waals surface area (Å²) < 4.78 is 64.8. The van der Waals surface area contributed by atoms with Crippen LogP contribution in [-0.2, 0) is 10.1 Å². The van der Waals surface area contributed by atoms with Crippen LogP contribution >= 0.6 is 0 Å². The largest absolute Gasteiger partial charge is 0.341 e. The summed E-state index contributed by atoms with van der Waals surface area (Å²) >= 11 is 0. The molecule has 0 fully saturated rings. The lowest BCUT2D eigenvalue weighted by atomic mass is 9.90. The summed E-state index contributed by atoms with van der Waals surface area (Å²) in [7, 11) is -4.54. The van der Waals surface area contributed by atoms with Crippen molar-refractivity contribution in [2.24, 2.45) is 0 Å². The predicted molar refractivity (Wildman–Crippen MR) is 186 cm³/mol. The second kappa shape index (κ2) is 15.3. The third-order valence-electron chi connectivity index (χ3n) is 8.12. The summed E-state index contributed by atoms with van der Waals surface area (Å²) in [5.74, 6) is -0.595. The van der Waals surface area contributed by atoms with E-state index in [1.807, 2.05) is 48.6 Å². The van der Waals surface area contributed by atoms with Gasteiger partial charge in [0.05, 0.1) is 0 Å². The fraction of sp³-hybridized carbons (Fsp3) is 0.205. The van der Waals surface area contributed by atoms with E-state index in [0.29, 0.717) is 11.1 Å². The second-order valence-corrected chi connectivity index (χ2v) is 12.8. The lowest BCUT2D eigenvalue weighted by molar-refractivity contribution is -0.439. The van der Waals surface area contributed by atoms with Crippen molar-refractivity contribution in [3.05, 3.63) is 150 Å². The van der Waals surface area contributed by atoms with Gasteiger partial charge in [0.1, 0.15) is 23.1 Å². The molecule has 0 amide bonds. The molecule has 47 heavy (non-hydrogen) atoms. The Kier molecular flexibility index (Phi) is 11.0. The zero-order chi connectivity index (χ0) is 33.4. The van der Waals surface area contributed by atoms with Gasteiger partial charge in [-0.1, -0.05) is 57.0 Å². The van der Waals surface area contributed by atoms with E-state index < -0.39 is 10.1 Å². The van der Waals surface area contributed by atoms with Gasteiger partial charge < -0.3 is 4.90 Å². The van der Waals surface area contributed by atoms with Crippen molar-refractivity contribution in [3.8, 4) is 0 Å². The predicted octanol–water partition coefficient (Wildman–Crippen LogP) is 9.66. The first kappa shape index (κ1) is 33.7. The third kappa shape index (κ3) is 8.20. The first-order chi connectivity index (χ1) is 22.7. The molecule has 5 rings (SSSR count). The Balaban J connectivity index is 1.63. The van der Waals surface area contributed by atoms with Gasteiger partial charge in [0.25, 0.3) is 10.1 Å². The van der Waals surface area contributed by atoms with Crippen molar-refractivity contribution in [1.29, 1.82) is 0 Å². The SMILES string of the molecule is CCCCN(c1ccc(F)cc1)c1ccc(C(=C2C=CC(=[N+](CCCC)c3ccc(F)cc3)C=C2)c2ccccc2S(=O)(=O)O)cc1. The molecular formula is C39H39F2N2O3S+. The van der Waals surface area contributed by atoms with Crippen molar-refractivity contribution < 1.29 is 26.3 Å². The first-order valence-electron chi connectivity index (χ1n) is 15.9. The van der Waals surface area contributed by atoms with Gasteiger partial charge in [-0.15, -0.1) is 0 Å². The Morgan fingerprint density at radius 1 is 0.723 bits per heavy atom. The third-order valence-corrected chi connectivity index (χ3v) is 9.03. The Morgan fingerprint density at radius 2 is 1.28 bits per heavy atom. The van der Waals surface area contributed by atoms with Crippen LogP contribution in [0.3, 0.4) is 0 Å². The number of rotatable bonds is 12. The van der Waals surface area contributed by atoms with Crippen molar-refractivity contribution in [2.45, 2.75) is 44.4 Å². The summed E-state index contributed by atoms with van der Waals surface area (Å²) in [5.41, 5.74) is 6.10. The van der Waals surface area contributed by atoms with E-state index in [-0.39, 0.29) is 16.5 Å². The summed E-state index contributed by atoms with van der Waals surface area (Å²) in [5, 5.41) is 0. The molecule has 4 aromatic rings. The summed E-state index contributed by atoms with van der Waals surface area (Å²) in [4.78, 5) is 1.95. The number of hydrogen-bond donors (Lipinski definition) is 1. The van der Waals surface area contributed by atoms with Gasteiger partial charge in [-0.25, -0.2) is 8.78 Å². The maximum absolute atomic E-state index is 13.7. The molecule has 0 radical (unpaired) electrons. The lowest BCUT2D eigenvalue weighted by Crippen LogP contribution is -2.18. The molecule has 1 N–H and O–H groups in total. The van der Waals surface area contributed by atoms with Gasteiger partial charge in [0, 0.05) is 54.2 Å². The molecule has 5 nitrogen and oxygen atoms in total. The Hall–Kier alpha value is -4.66. The average Bonchev–Trinajstić information content (AvgIpc) is 3.08. The van der Waals surface area contributed by atoms with E-state index in [1.165, 1.54) is 30.3 Å². The van der Waals surface area contributed by atoms with Crippen molar-refractivity contribution >= 4 is 38.5 Å². The number of halogens is 2. The molecule has 0 atom stereocenters. The number of allylic oxidation sites excluding steroid dienone is 5. The van der Waals surface area contributed by atoms with Gasteiger partial charge in [-0.3, -0.25) is 4.55 Å². The van der Waals surface area contributed by atoms with E-state index in [2.05, 4.69) is 23.3 Å². The normalized spacial score (nSPS) is 12.8. The molecule has 0 saturated carbocycles. The fourth-order valence-electron chi connectivity index (χ4n) is 5.68. The molecular weight excluding hydrogens is 615 g/mol. The highest BCUT2D eigenvalue weighted by molar-refractivity contribution is 7.86. The van der Waals surface area contributed by atoms with E-state index in [9.17, 15) is 21.8 Å². The molecule has 0 aliphatic heterocycles. The molecule has 0 unspecified atom stereocenters. The number of benzene rings is 4. The number of anilines is 2. The summed E-state index contributed by atoms with van der Waals surface area (Å²) in [6, 6.07) is 27.1. The zero-order valence-electron chi connectivity index (χ0n) is 26.6. The van der Waals surface area contributed by atoms with Crippen molar-refractivity contribution in [1.82, 2.24) is 0 Å². The molecule has 8 heteroatoms. The van der Waals surface area contributed by atoms with Gasteiger partial charge in [0.15, 0.2) is 0 Å². The van der Waals surface area contributed by atoms with Crippen LogP contribution in [0.2, 0.25) is 0 Å². The fourth-order valence-corrected chi connectivity index (χ4v) is 6.38. The first-order valence-corrected chi connectivity index (χ1v) is 17.3. The molecule has 0 heterocycles. The quantitative estimate of drug-likeness (QED) is 0.122.